The van der Waals surface area contributed by atoms with Gasteiger partial charge >= 0.3 is 6.09 Å². The van der Waals surface area contributed by atoms with Gasteiger partial charge in [0.25, 0.3) is 5.91 Å². The molecule has 0 heterocycles. The number of rotatable bonds is 7. The number of carbonyl (C=O) groups excluding carboxylic acids is 2. The molecular weight excluding hydrogens is 352 g/mol. The van der Waals surface area contributed by atoms with Crippen LogP contribution in [0.1, 0.15) is 18.1 Å². The van der Waals surface area contributed by atoms with Gasteiger partial charge in [0.1, 0.15) is 6.10 Å². The van der Waals surface area contributed by atoms with E-state index in [-0.39, 0.29) is 17.9 Å². The molecule has 0 aromatic heterocycles. The lowest BCUT2D eigenvalue weighted by Crippen LogP contribution is -2.18. The van der Waals surface area contributed by atoms with Crippen LogP contribution in [0, 0.1) is 0 Å². The SMILES string of the molecule is COc1ccc([C@@H](C/C=C/C(=O)NO)OC(=O)Nc2ccccc2)cc1O. The van der Waals surface area contributed by atoms with Crippen LogP contribution in [-0.2, 0) is 9.53 Å². The third-order valence-corrected chi connectivity index (χ3v) is 3.57. The highest BCUT2D eigenvalue weighted by Crippen LogP contribution is 2.32. The summed E-state index contributed by atoms with van der Waals surface area (Å²) in [6, 6.07) is 13.4. The Kier molecular flexibility index (Phi) is 7.21. The van der Waals surface area contributed by atoms with Gasteiger partial charge in [-0.3, -0.25) is 15.3 Å². The monoisotopic (exact) mass is 372 g/mol. The largest absolute Gasteiger partial charge is 0.504 e. The molecule has 0 aliphatic rings. The molecule has 2 amide bonds. The summed E-state index contributed by atoms with van der Waals surface area (Å²) in [5, 5.41) is 21.1. The number of phenolic OH excluding ortho intramolecular Hbond substituents is 1. The van der Waals surface area contributed by atoms with E-state index in [1.54, 1.807) is 36.4 Å². The Balaban J connectivity index is 2.15. The van der Waals surface area contributed by atoms with Crippen molar-refractivity contribution in [2.75, 3.05) is 12.4 Å². The van der Waals surface area contributed by atoms with Crippen LogP contribution >= 0.6 is 0 Å². The zero-order chi connectivity index (χ0) is 19.6. The second kappa shape index (κ2) is 9.83. The maximum absolute atomic E-state index is 12.2. The number of hydrogen-bond acceptors (Lipinski definition) is 6. The molecule has 0 bridgehead atoms. The van der Waals surface area contributed by atoms with Gasteiger partial charge in [0, 0.05) is 18.2 Å². The molecule has 8 nitrogen and oxygen atoms in total. The molecule has 0 fully saturated rings. The van der Waals surface area contributed by atoms with Gasteiger partial charge in [-0.25, -0.2) is 10.3 Å². The standard InChI is InChI=1S/C19H20N2O6/c1-26-17-11-10-13(12-15(17)22)16(8-5-9-18(23)21-25)27-19(24)20-14-6-3-2-4-7-14/h2-7,9-12,16,22,25H,8H2,1H3,(H,20,24)(H,21,23)/b9-5+/t16-/m1/s1. The quantitative estimate of drug-likeness (QED) is 0.337. The molecule has 1 atom stereocenters. The van der Waals surface area contributed by atoms with E-state index < -0.39 is 18.1 Å². The van der Waals surface area contributed by atoms with Crippen LogP contribution in [-0.4, -0.2) is 29.4 Å². The molecule has 8 heteroatoms. The molecule has 0 saturated heterocycles. The maximum Gasteiger partial charge on any atom is 0.412 e. The lowest BCUT2D eigenvalue weighted by Gasteiger charge is -2.18. The minimum absolute atomic E-state index is 0.107. The van der Waals surface area contributed by atoms with Crippen molar-refractivity contribution in [2.24, 2.45) is 0 Å². The molecule has 0 radical (unpaired) electrons. The number of nitrogens with one attached hydrogen (secondary N) is 2. The van der Waals surface area contributed by atoms with E-state index in [1.165, 1.54) is 24.7 Å². The van der Waals surface area contributed by atoms with Gasteiger partial charge < -0.3 is 14.6 Å². The highest BCUT2D eigenvalue weighted by atomic mass is 16.6. The van der Waals surface area contributed by atoms with E-state index in [2.05, 4.69) is 5.32 Å². The summed E-state index contributed by atoms with van der Waals surface area (Å²) >= 11 is 0. The van der Waals surface area contributed by atoms with E-state index in [0.29, 0.717) is 11.3 Å². The fraction of sp³-hybridized carbons (Fsp3) is 0.158. The Bertz CT molecular complexity index is 807. The number of benzene rings is 2. The molecule has 4 N–H and O–H groups in total. The summed E-state index contributed by atoms with van der Waals surface area (Å²) in [5.41, 5.74) is 2.54. The van der Waals surface area contributed by atoms with E-state index in [1.807, 2.05) is 6.07 Å². The van der Waals surface area contributed by atoms with Crippen molar-refractivity contribution in [1.82, 2.24) is 5.48 Å². The lowest BCUT2D eigenvalue weighted by atomic mass is 10.1. The molecule has 27 heavy (non-hydrogen) atoms. The van der Waals surface area contributed by atoms with Crippen LogP contribution in [0.25, 0.3) is 0 Å². The molecule has 0 aliphatic heterocycles. The van der Waals surface area contributed by atoms with E-state index >= 15 is 0 Å². The first kappa shape index (κ1) is 19.8. The molecular formula is C19H20N2O6. The normalized spacial score (nSPS) is 11.6. The first-order chi connectivity index (χ1) is 13.0. The van der Waals surface area contributed by atoms with Crippen molar-refractivity contribution in [1.29, 1.82) is 0 Å². The summed E-state index contributed by atoms with van der Waals surface area (Å²) in [6.07, 6.45) is 1.21. The predicted octanol–water partition coefficient (Wildman–Crippen LogP) is 3.14. The fourth-order valence-corrected chi connectivity index (χ4v) is 2.29. The third-order valence-electron chi connectivity index (χ3n) is 3.57. The number of anilines is 1. The lowest BCUT2D eigenvalue weighted by molar-refractivity contribution is -0.124. The first-order valence-corrected chi connectivity index (χ1v) is 8.03. The van der Waals surface area contributed by atoms with Crippen molar-refractivity contribution in [2.45, 2.75) is 12.5 Å². The van der Waals surface area contributed by atoms with Gasteiger partial charge in [-0.2, -0.15) is 0 Å². The summed E-state index contributed by atoms with van der Waals surface area (Å²) in [6.45, 7) is 0. The number of ether oxygens (including phenoxy) is 2. The summed E-state index contributed by atoms with van der Waals surface area (Å²) in [7, 11) is 1.42. The fourth-order valence-electron chi connectivity index (χ4n) is 2.29. The Hall–Kier alpha value is -3.52. The minimum Gasteiger partial charge on any atom is -0.504 e. The number of methoxy groups -OCH3 is 1. The van der Waals surface area contributed by atoms with Crippen LogP contribution < -0.4 is 15.5 Å². The summed E-state index contributed by atoms with van der Waals surface area (Å²) < 4.78 is 10.4. The van der Waals surface area contributed by atoms with E-state index in [0.717, 1.165) is 6.08 Å². The Morgan fingerprint density at radius 1 is 1.19 bits per heavy atom. The average Bonchev–Trinajstić information content (AvgIpc) is 2.67. The van der Waals surface area contributed by atoms with Crippen molar-refractivity contribution in [3.05, 3.63) is 66.2 Å². The second-order valence-corrected chi connectivity index (χ2v) is 5.43. The average molecular weight is 372 g/mol. The number of amides is 2. The molecule has 2 rings (SSSR count). The van der Waals surface area contributed by atoms with Gasteiger partial charge in [-0.05, 0) is 29.8 Å². The number of carbonyl (C=O) groups is 2. The number of aromatic hydroxyl groups is 1. The van der Waals surface area contributed by atoms with Gasteiger partial charge in [0.2, 0.25) is 0 Å². The Morgan fingerprint density at radius 3 is 2.56 bits per heavy atom. The Labute approximate surface area is 156 Å². The van der Waals surface area contributed by atoms with Gasteiger partial charge in [-0.1, -0.05) is 30.3 Å². The van der Waals surface area contributed by atoms with Crippen LogP contribution in [0.5, 0.6) is 11.5 Å². The van der Waals surface area contributed by atoms with Crippen LogP contribution in [0.4, 0.5) is 10.5 Å². The number of para-hydroxylation sites is 1. The number of hydroxylamine groups is 1. The molecule has 0 unspecified atom stereocenters. The van der Waals surface area contributed by atoms with Crippen molar-refractivity contribution in [3.8, 4) is 11.5 Å². The molecule has 2 aromatic rings. The molecule has 0 spiro atoms. The summed E-state index contributed by atoms with van der Waals surface area (Å²) in [5.74, 6) is -0.536. The van der Waals surface area contributed by atoms with Crippen LogP contribution in [0.2, 0.25) is 0 Å². The van der Waals surface area contributed by atoms with Crippen LogP contribution in [0.15, 0.2) is 60.7 Å². The summed E-state index contributed by atoms with van der Waals surface area (Å²) in [4.78, 5) is 23.3. The van der Waals surface area contributed by atoms with E-state index in [9.17, 15) is 14.7 Å². The zero-order valence-corrected chi connectivity index (χ0v) is 14.6. The van der Waals surface area contributed by atoms with Crippen molar-refractivity contribution in [3.63, 3.8) is 0 Å². The van der Waals surface area contributed by atoms with Crippen LogP contribution in [0.3, 0.4) is 0 Å². The van der Waals surface area contributed by atoms with Gasteiger partial charge in [-0.15, -0.1) is 0 Å². The highest BCUT2D eigenvalue weighted by molar-refractivity contribution is 5.86. The van der Waals surface area contributed by atoms with Crippen molar-refractivity contribution >= 4 is 17.7 Å². The molecule has 0 aliphatic carbocycles. The number of hydrogen-bond donors (Lipinski definition) is 4. The molecule has 0 saturated carbocycles. The topological polar surface area (TPSA) is 117 Å². The smallest absolute Gasteiger partial charge is 0.412 e. The second-order valence-electron chi connectivity index (χ2n) is 5.43. The van der Waals surface area contributed by atoms with Gasteiger partial charge in [0.05, 0.1) is 7.11 Å². The first-order valence-electron chi connectivity index (χ1n) is 8.03. The highest BCUT2D eigenvalue weighted by Gasteiger charge is 2.18. The van der Waals surface area contributed by atoms with E-state index in [4.69, 9.17) is 14.7 Å². The number of phenols is 1. The van der Waals surface area contributed by atoms with Crippen molar-refractivity contribution < 1.29 is 29.4 Å². The maximum atomic E-state index is 12.2. The third kappa shape index (κ3) is 6.05. The Morgan fingerprint density at radius 2 is 1.93 bits per heavy atom. The predicted molar refractivity (Wildman–Crippen MR) is 97.6 cm³/mol. The minimum atomic E-state index is -0.784. The molecule has 2 aromatic carbocycles. The molecule has 142 valence electrons. The van der Waals surface area contributed by atoms with Gasteiger partial charge in [0.15, 0.2) is 11.5 Å². The zero-order valence-electron chi connectivity index (χ0n) is 14.6.